The number of hydrogen-bond donors (Lipinski definition) is 2. The van der Waals surface area contributed by atoms with E-state index in [4.69, 9.17) is 17.3 Å². The van der Waals surface area contributed by atoms with Crippen molar-refractivity contribution in [1.29, 1.82) is 0 Å². The summed E-state index contributed by atoms with van der Waals surface area (Å²) in [6, 6.07) is 0.898. The third kappa shape index (κ3) is 3.37. The summed E-state index contributed by atoms with van der Waals surface area (Å²) in [5.74, 6) is -2.18. The highest BCUT2D eigenvalue weighted by Crippen LogP contribution is 2.53. The average Bonchev–Trinajstić information content (AvgIpc) is 3.29. The van der Waals surface area contributed by atoms with Gasteiger partial charge in [0.05, 0.1) is 28.2 Å². The molecule has 1 saturated carbocycles. The van der Waals surface area contributed by atoms with Crippen LogP contribution in [0.4, 0.5) is 14.5 Å². The molecule has 1 aliphatic carbocycles. The third-order valence-corrected chi connectivity index (χ3v) is 6.18. The van der Waals surface area contributed by atoms with Gasteiger partial charge in [-0.25, -0.2) is 13.6 Å². The second-order valence-corrected chi connectivity index (χ2v) is 8.25. The summed E-state index contributed by atoms with van der Waals surface area (Å²) in [4.78, 5) is 25.7. The maximum absolute atomic E-state index is 15.0. The molecule has 2 atom stereocenters. The van der Waals surface area contributed by atoms with E-state index in [1.165, 1.54) is 11.5 Å². The van der Waals surface area contributed by atoms with E-state index in [9.17, 15) is 19.1 Å². The van der Waals surface area contributed by atoms with Gasteiger partial charge in [0.1, 0.15) is 17.6 Å². The van der Waals surface area contributed by atoms with Gasteiger partial charge in [0, 0.05) is 30.7 Å². The van der Waals surface area contributed by atoms with Crippen molar-refractivity contribution in [2.24, 2.45) is 11.1 Å². The standard InChI is InChI=1S/C19H20ClF2N3O3.H2O/c1-9(21)5-24-6-11(18(27)28)17(26)10-4-12(22)16(14(20)15(10)24)25-7-13(23)19(8-25)2-3-19;/h4,6,9,13H,2-3,5,7-8,23H2,1H3,(H,27,28);1H2/t9-,13+;/m0./s1. The molecular formula is C19H22ClF2N3O4. The maximum Gasteiger partial charge on any atom is 0.341 e. The molecule has 5 N–H and O–H groups in total. The second kappa shape index (κ2) is 7.23. The van der Waals surface area contributed by atoms with Crippen molar-refractivity contribution in [3.05, 3.63) is 38.9 Å². The first-order valence-corrected chi connectivity index (χ1v) is 9.45. The van der Waals surface area contributed by atoms with E-state index >= 15 is 4.39 Å². The fourth-order valence-corrected chi connectivity index (χ4v) is 4.61. The maximum atomic E-state index is 15.0. The predicted molar refractivity (Wildman–Crippen MR) is 106 cm³/mol. The van der Waals surface area contributed by atoms with Crippen LogP contribution in [0.1, 0.15) is 30.1 Å². The van der Waals surface area contributed by atoms with Crippen LogP contribution in [0.2, 0.25) is 5.02 Å². The number of fused-ring (bicyclic) bond motifs is 1. The summed E-state index contributed by atoms with van der Waals surface area (Å²) in [7, 11) is 0. The normalized spacial score (nSPS) is 20.7. The molecular weight excluding hydrogens is 408 g/mol. The molecule has 1 spiro atoms. The summed E-state index contributed by atoms with van der Waals surface area (Å²) >= 11 is 6.53. The van der Waals surface area contributed by atoms with Gasteiger partial charge in [-0.05, 0) is 25.8 Å². The van der Waals surface area contributed by atoms with Crippen LogP contribution in [-0.2, 0) is 6.54 Å². The molecule has 2 fully saturated rings. The van der Waals surface area contributed by atoms with Crippen molar-refractivity contribution in [2.75, 3.05) is 18.0 Å². The SMILES string of the molecule is C[C@H](F)Cn1cc(C(=O)O)c(=O)c2cc(F)c(N3C[C@@H](N)C4(CC4)C3)c(Cl)c21.O. The largest absolute Gasteiger partial charge is 0.477 e. The van der Waals surface area contributed by atoms with Crippen molar-refractivity contribution in [2.45, 2.75) is 38.5 Å². The quantitative estimate of drug-likeness (QED) is 0.769. The van der Waals surface area contributed by atoms with Gasteiger partial charge in [-0.2, -0.15) is 0 Å². The summed E-state index contributed by atoms with van der Waals surface area (Å²) in [5, 5.41) is 9.07. The van der Waals surface area contributed by atoms with E-state index in [0.29, 0.717) is 13.1 Å². The van der Waals surface area contributed by atoms with Gasteiger partial charge < -0.3 is 25.8 Å². The van der Waals surface area contributed by atoms with Gasteiger partial charge in [0.25, 0.3) is 0 Å². The number of nitrogens with zero attached hydrogens (tertiary/aromatic N) is 2. The number of halogens is 3. The number of nitrogens with two attached hydrogens (primary N) is 1. The first kappa shape index (κ1) is 21.5. The van der Waals surface area contributed by atoms with Crippen molar-refractivity contribution in [3.8, 4) is 0 Å². The van der Waals surface area contributed by atoms with Crippen LogP contribution in [0.3, 0.4) is 0 Å². The van der Waals surface area contributed by atoms with Crippen LogP contribution in [-0.4, -0.2) is 46.4 Å². The van der Waals surface area contributed by atoms with E-state index < -0.39 is 29.0 Å². The zero-order valence-corrected chi connectivity index (χ0v) is 16.5. The fraction of sp³-hybridized carbons (Fsp3) is 0.474. The average molecular weight is 430 g/mol. The number of carbonyl (C=O) groups is 1. The fourth-order valence-electron chi connectivity index (χ4n) is 4.19. The number of pyridine rings is 1. The Hall–Kier alpha value is -2.23. The summed E-state index contributed by atoms with van der Waals surface area (Å²) < 4.78 is 30.0. The molecule has 29 heavy (non-hydrogen) atoms. The van der Waals surface area contributed by atoms with E-state index in [0.717, 1.165) is 25.1 Å². The molecule has 0 unspecified atom stereocenters. The molecule has 1 saturated heterocycles. The van der Waals surface area contributed by atoms with Crippen LogP contribution >= 0.6 is 11.6 Å². The Bertz CT molecular complexity index is 1050. The van der Waals surface area contributed by atoms with Gasteiger partial charge in [-0.3, -0.25) is 4.79 Å². The Kier molecular flexibility index (Phi) is 5.35. The number of rotatable bonds is 4. The molecule has 0 amide bonds. The number of aromatic nitrogens is 1. The number of benzene rings is 1. The van der Waals surface area contributed by atoms with Gasteiger partial charge in [0.2, 0.25) is 5.43 Å². The minimum absolute atomic E-state index is 0. The molecule has 4 rings (SSSR count). The Balaban J connectivity index is 0.00000240. The first-order chi connectivity index (χ1) is 13.1. The lowest BCUT2D eigenvalue weighted by atomic mass is 10.0. The molecule has 158 valence electrons. The lowest BCUT2D eigenvalue weighted by Gasteiger charge is -2.23. The number of carboxylic acids is 1. The Morgan fingerprint density at radius 3 is 2.66 bits per heavy atom. The number of anilines is 1. The van der Waals surface area contributed by atoms with Crippen LogP contribution in [0.25, 0.3) is 10.9 Å². The van der Waals surface area contributed by atoms with Gasteiger partial charge in [0.15, 0.2) is 0 Å². The van der Waals surface area contributed by atoms with E-state index in [-0.39, 0.29) is 45.1 Å². The molecule has 1 aliphatic heterocycles. The van der Waals surface area contributed by atoms with Crippen molar-refractivity contribution in [1.82, 2.24) is 4.57 Å². The molecule has 0 radical (unpaired) electrons. The summed E-state index contributed by atoms with van der Waals surface area (Å²) in [6.07, 6.45) is 1.69. The number of carboxylic acid groups (broad SMARTS) is 1. The Morgan fingerprint density at radius 1 is 1.48 bits per heavy atom. The van der Waals surface area contributed by atoms with E-state index in [1.54, 1.807) is 4.90 Å². The highest BCUT2D eigenvalue weighted by molar-refractivity contribution is 6.38. The molecule has 7 nitrogen and oxygen atoms in total. The number of aromatic carboxylic acids is 1. The van der Waals surface area contributed by atoms with Crippen molar-refractivity contribution < 1.29 is 24.2 Å². The molecule has 2 aromatic rings. The van der Waals surface area contributed by atoms with Crippen molar-refractivity contribution in [3.63, 3.8) is 0 Å². The van der Waals surface area contributed by atoms with Crippen molar-refractivity contribution >= 4 is 34.2 Å². The molecule has 1 aromatic carbocycles. The molecule has 0 bridgehead atoms. The van der Waals surface area contributed by atoms with E-state index in [1.807, 2.05) is 0 Å². The van der Waals surface area contributed by atoms with Crippen LogP contribution in [0, 0.1) is 11.2 Å². The summed E-state index contributed by atoms with van der Waals surface area (Å²) in [6.45, 7) is 2.08. The van der Waals surface area contributed by atoms with Crippen LogP contribution < -0.4 is 16.1 Å². The molecule has 2 heterocycles. The topological polar surface area (TPSA) is 120 Å². The molecule has 10 heteroatoms. The smallest absolute Gasteiger partial charge is 0.341 e. The van der Waals surface area contributed by atoms with Crippen LogP contribution in [0.5, 0.6) is 0 Å². The zero-order valence-electron chi connectivity index (χ0n) is 15.7. The highest BCUT2D eigenvalue weighted by Gasteiger charge is 2.54. The first-order valence-electron chi connectivity index (χ1n) is 9.07. The van der Waals surface area contributed by atoms with Gasteiger partial charge >= 0.3 is 5.97 Å². The second-order valence-electron chi connectivity index (χ2n) is 7.88. The molecule has 1 aromatic heterocycles. The Labute approximate surface area is 170 Å². The highest BCUT2D eigenvalue weighted by atomic mass is 35.5. The minimum atomic E-state index is -1.46. The third-order valence-electron chi connectivity index (χ3n) is 5.83. The lowest BCUT2D eigenvalue weighted by molar-refractivity contribution is 0.0694. The lowest BCUT2D eigenvalue weighted by Crippen LogP contribution is -2.30. The van der Waals surface area contributed by atoms with Gasteiger partial charge in [-0.15, -0.1) is 0 Å². The zero-order chi connectivity index (χ0) is 20.4. The minimum Gasteiger partial charge on any atom is -0.477 e. The van der Waals surface area contributed by atoms with E-state index in [2.05, 4.69) is 0 Å². The predicted octanol–water partition coefficient (Wildman–Crippen LogP) is 1.95. The Morgan fingerprint density at radius 2 is 2.14 bits per heavy atom. The molecule has 2 aliphatic rings. The summed E-state index contributed by atoms with van der Waals surface area (Å²) in [5.41, 5.74) is 5.03. The monoisotopic (exact) mass is 429 g/mol. The number of hydrogen-bond acceptors (Lipinski definition) is 4. The van der Waals surface area contributed by atoms with Crippen LogP contribution in [0.15, 0.2) is 17.1 Å². The number of alkyl halides is 1. The van der Waals surface area contributed by atoms with Gasteiger partial charge in [-0.1, -0.05) is 11.6 Å².